The van der Waals surface area contributed by atoms with Crippen molar-refractivity contribution in [1.29, 1.82) is 0 Å². The molecule has 0 aliphatic rings. The Morgan fingerprint density at radius 2 is 1.70 bits per heavy atom. The first-order chi connectivity index (χ1) is 11.0. The molecular weight excluding hydrogens is 310 g/mol. The maximum Gasteiger partial charge on any atom is 0.221 e. The van der Waals surface area contributed by atoms with Gasteiger partial charge in [0, 0.05) is 23.3 Å². The number of benzene rings is 2. The zero-order valence-corrected chi connectivity index (χ0v) is 14.6. The van der Waals surface area contributed by atoms with Crippen LogP contribution in [0.1, 0.15) is 18.1 Å². The SMILES string of the molecule is COc1cc(C)c(CSc2ccc(NC(C)=O)cc2)cc1OC. The van der Waals surface area contributed by atoms with Gasteiger partial charge in [0.15, 0.2) is 11.5 Å². The fourth-order valence-corrected chi connectivity index (χ4v) is 3.14. The molecule has 0 saturated carbocycles. The standard InChI is InChI=1S/C18H21NO3S/c1-12-9-17(21-3)18(22-4)10-14(12)11-23-16-7-5-15(6-8-16)19-13(2)20/h5-10H,11H2,1-4H3,(H,19,20). The van der Waals surface area contributed by atoms with Crippen LogP contribution < -0.4 is 14.8 Å². The Morgan fingerprint density at radius 1 is 1.09 bits per heavy atom. The van der Waals surface area contributed by atoms with Gasteiger partial charge in [-0.2, -0.15) is 0 Å². The van der Waals surface area contributed by atoms with E-state index in [4.69, 9.17) is 9.47 Å². The molecule has 0 aliphatic heterocycles. The summed E-state index contributed by atoms with van der Waals surface area (Å²) in [6, 6.07) is 11.8. The van der Waals surface area contributed by atoms with Crippen LogP contribution in [0, 0.1) is 6.92 Å². The van der Waals surface area contributed by atoms with Crippen LogP contribution in [0.3, 0.4) is 0 Å². The number of amides is 1. The molecule has 0 aromatic heterocycles. The minimum atomic E-state index is -0.0636. The Kier molecular flexibility index (Phi) is 5.93. The van der Waals surface area contributed by atoms with Crippen LogP contribution in [0.15, 0.2) is 41.3 Å². The van der Waals surface area contributed by atoms with Crippen molar-refractivity contribution in [3.8, 4) is 11.5 Å². The van der Waals surface area contributed by atoms with Gasteiger partial charge in [-0.15, -0.1) is 11.8 Å². The highest BCUT2D eigenvalue weighted by Crippen LogP contribution is 2.33. The third-order valence-electron chi connectivity index (χ3n) is 3.41. The average molecular weight is 331 g/mol. The number of thioether (sulfide) groups is 1. The summed E-state index contributed by atoms with van der Waals surface area (Å²) in [7, 11) is 3.28. The van der Waals surface area contributed by atoms with Crippen molar-refractivity contribution in [2.75, 3.05) is 19.5 Å². The van der Waals surface area contributed by atoms with Gasteiger partial charge in [-0.1, -0.05) is 0 Å². The third kappa shape index (κ3) is 4.66. The molecule has 0 atom stereocenters. The molecule has 0 fully saturated rings. The first kappa shape index (κ1) is 17.2. The molecule has 0 unspecified atom stereocenters. The van der Waals surface area contributed by atoms with Crippen molar-refractivity contribution in [1.82, 2.24) is 0 Å². The van der Waals surface area contributed by atoms with Crippen molar-refractivity contribution in [3.05, 3.63) is 47.5 Å². The predicted octanol–water partition coefficient (Wildman–Crippen LogP) is 4.26. The third-order valence-corrected chi connectivity index (χ3v) is 4.47. The molecule has 4 nitrogen and oxygen atoms in total. The Balaban J connectivity index is 2.07. The summed E-state index contributed by atoms with van der Waals surface area (Å²) < 4.78 is 10.7. The molecule has 2 aromatic carbocycles. The normalized spacial score (nSPS) is 10.3. The van der Waals surface area contributed by atoms with E-state index in [0.29, 0.717) is 0 Å². The summed E-state index contributed by atoms with van der Waals surface area (Å²) in [5.41, 5.74) is 3.19. The minimum Gasteiger partial charge on any atom is -0.493 e. The van der Waals surface area contributed by atoms with Gasteiger partial charge < -0.3 is 14.8 Å². The highest BCUT2D eigenvalue weighted by Gasteiger charge is 2.09. The van der Waals surface area contributed by atoms with Crippen molar-refractivity contribution in [2.24, 2.45) is 0 Å². The number of aryl methyl sites for hydroxylation is 1. The zero-order valence-electron chi connectivity index (χ0n) is 13.8. The number of carbonyl (C=O) groups is 1. The highest BCUT2D eigenvalue weighted by molar-refractivity contribution is 7.98. The van der Waals surface area contributed by atoms with Crippen LogP contribution >= 0.6 is 11.8 Å². The molecular formula is C18H21NO3S. The van der Waals surface area contributed by atoms with E-state index < -0.39 is 0 Å². The van der Waals surface area contributed by atoms with E-state index in [-0.39, 0.29) is 5.91 Å². The first-order valence-corrected chi connectivity index (χ1v) is 8.24. The van der Waals surface area contributed by atoms with Gasteiger partial charge in [0.25, 0.3) is 0 Å². The van der Waals surface area contributed by atoms with Gasteiger partial charge in [0.05, 0.1) is 14.2 Å². The molecule has 0 bridgehead atoms. The van der Waals surface area contributed by atoms with Crippen molar-refractivity contribution < 1.29 is 14.3 Å². The smallest absolute Gasteiger partial charge is 0.221 e. The molecule has 0 saturated heterocycles. The van der Waals surface area contributed by atoms with E-state index in [1.807, 2.05) is 36.4 Å². The van der Waals surface area contributed by atoms with E-state index in [9.17, 15) is 4.79 Å². The lowest BCUT2D eigenvalue weighted by Crippen LogP contribution is -2.05. The number of carbonyl (C=O) groups excluding carboxylic acids is 1. The summed E-state index contributed by atoms with van der Waals surface area (Å²) in [5.74, 6) is 2.27. The highest BCUT2D eigenvalue weighted by atomic mass is 32.2. The maximum atomic E-state index is 11.0. The van der Waals surface area contributed by atoms with Gasteiger partial charge in [-0.05, 0) is 54.4 Å². The van der Waals surface area contributed by atoms with Crippen LogP contribution in [-0.4, -0.2) is 20.1 Å². The summed E-state index contributed by atoms with van der Waals surface area (Å²) >= 11 is 1.74. The summed E-state index contributed by atoms with van der Waals surface area (Å²) in [4.78, 5) is 12.2. The van der Waals surface area contributed by atoms with E-state index in [1.54, 1.807) is 26.0 Å². The Bertz CT molecular complexity index is 683. The van der Waals surface area contributed by atoms with Crippen molar-refractivity contribution >= 4 is 23.4 Å². The fourth-order valence-electron chi connectivity index (χ4n) is 2.18. The molecule has 122 valence electrons. The van der Waals surface area contributed by atoms with E-state index >= 15 is 0 Å². The van der Waals surface area contributed by atoms with Crippen LogP contribution in [0.5, 0.6) is 11.5 Å². The van der Waals surface area contributed by atoms with E-state index in [1.165, 1.54) is 18.1 Å². The number of hydrogen-bond acceptors (Lipinski definition) is 4. The molecule has 2 rings (SSSR count). The number of anilines is 1. The van der Waals surface area contributed by atoms with Gasteiger partial charge >= 0.3 is 0 Å². The Hall–Kier alpha value is -2.14. The van der Waals surface area contributed by atoms with Gasteiger partial charge in [0.1, 0.15) is 0 Å². The quantitative estimate of drug-likeness (QED) is 0.803. The summed E-state index contributed by atoms with van der Waals surface area (Å²) in [6.45, 7) is 3.57. The second-order valence-corrected chi connectivity index (χ2v) is 6.18. The van der Waals surface area contributed by atoms with Crippen LogP contribution in [-0.2, 0) is 10.5 Å². The Morgan fingerprint density at radius 3 is 2.26 bits per heavy atom. The molecule has 0 aliphatic carbocycles. The lowest BCUT2D eigenvalue weighted by atomic mass is 10.1. The average Bonchev–Trinajstić information content (AvgIpc) is 2.54. The van der Waals surface area contributed by atoms with Gasteiger partial charge in [-0.3, -0.25) is 4.79 Å². The number of nitrogens with one attached hydrogen (secondary N) is 1. The number of hydrogen-bond donors (Lipinski definition) is 1. The molecule has 5 heteroatoms. The van der Waals surface area contributed by atoms with Gasteiger partial charge in [0.2, 0.25) is 5.91 Å². The van der Waals surface area contributed by atoms with Crippen molar-refractivity contribution in [2.45, 2.75) is 24.5 Å². The second-order valence-electron chi connectivity index (χ2n) is 5.13. The number of ether oxygens (including phenoxy) is 2. The molecule has 2 aromatic rings. The molecule has 1 N–H and O–H groups in total. The maximum absolute atomic E-state index is 11.0. The predicted molar refractivity (Wildman–Crippen MR) is 94.6 cm³/mol. The lowest BCUT2D eigenvalue weighted by molar-refractivity contribution is -0.114. The van der Waals surface area contributed by atoms with Gasteiger partial charge in [-0.25, -0.2) is 0 Å². The first-order valence-electron chi connectivity index (χ1n) is 7.25. The fraction of sp³-hybridized carbons (Fsp3) is 0.278. The summed E-state index contributed by atoms with van der Waals surface area (Å²) in [6.07, 6.45) is 0. The Labute approximate surface area is 141 Å². The summed E-state index contributed by atoms with van der Waals surface area (Å²) in [5, 5.41) is 2.76. The van der Waals surface area contributed by atoms with Crippen molar-refractivity contribution in [3.63, 3.8) is 0 Å². The molecule has 0 heterocycles. The number of rotatable bonds is 6. The van der Waals surface area contributed by atoms with E-state index in [2.05, 4.69) is 12.2 Å². The zero-order chi connectivity index (χ0) is 16.8. The number of methoxy groups -OCH3 is 2. The van der Waals surface area contributed by atoms with Crippen LogP contribution in [0.4, 0.5) is 5.69 Å². The molecule has 0 spiro atoms. The molecule has 1 amide bonds. The molecule has 23 heavy (non-hydrogen) atoms. The van der Waals surface area contributed by atoms with Crippen LogP contribution in [0.25, 0.3) is 0 Å². The topological polar surface area (TPSA) is 47.6 Å². The monoisotopic (exact) mass is 331 g/mol. The van der Waals surface area contributed by atoms with E-state index in [0.717, 1.165) is 27.8 Å². The lowest BCUT2D eigenvalue weighted by Gasteiger charge is -2.12. The second kappa shape index (κ2) is 7.92. The largest absolute Gasteiger partial charge is 0.493 e. The van der Waals surface area contributed by atoms with Crippen LogP contribution in [0.2, 0.25) is 0 Å². The minimum absolute atomic E-state index is 0.0636. The molecule has 0 radical (unpaired) electrons.